The molecule has 2 aromatic carbocycles. The SMILES string of the molecule is COC1CCC(n2c(C3CCCC(=O)N3c3ccc(F)c(F)c3)nc3cc(NC(=O)NCCCl)ccc32)CC1. The Kier molecular flexibility index (Phi) is 8.32. The van der Waals surface area contributed by atoms with E-state index in [4.69, 9.17) is 21.3 Å². The van der Waals surface area contributed by atoms with E-state index in [1.807, 2.05) is 18.2 Å². The lowest BCUT2D eigenvalue weighted by Crippen LogP contribution is -2.40. The maximum atomic E-state index is 14.2. The number of nitrogens with one attached hydrogen (secondary N) is 2. The number of hydrogen-bond acceptors (Lipinski definition) is 4. The number of alkyl halides is 1. The second kappa shape index (κ2) is 11.9. The molecule has 3 aromatic rings. The predicted molar refractivity (Wildman–Crippen MR) is 146 cm³/mol. The molecule has 1 aromatic heterocycles. The van der Waals surface area contributed by atoms with Crippen LogP contribution in [0.4, 0.5) is 25.0 Å². The number of ether oxygens (including phenoxy) is 1. The molecule has 1 saturated carbocycles. The van der Waals surface area contributed by atoms with Gasteiger partial charge >= 0.3 is 6.03 Å². The van der Waals surface area contributed by atoms with Crippen molar-refractivity contribution in [3.05, 3.63) is 53.9 Å². The van der Waals surface area contributed by atoms with E-state index in [0.717, 1.165) is 43.3 Å². The Labute approximate surface area is 230 Å². The summed E-state index contributed by atoms with van der Waals surface area (Å²) in [5.41, 5.74) is 2.45. The first-order valence-electron chi connectivity index (χ1n) is 13.3. The van der Waals surface area contributed by atoms with Gasteiger partial charge in [-0.25, -0.2) is 18.6 Å². The molecule has 208 valence electrons. The normalized spacial score (nSPS) is 21.8. The molecule has 2 fully saturated rings. The molecule has 3 amide bonds. The van der Waals surface area contributed by atoms with E-state index in [1.165, 1.54) is 6.07 Å². The number of anilines is 2. The number of hydrogen-bond donors (Lipinski definition) is 2. The summed E-state index contributed by atoms with van der Waals surface area (Å²) in [5, 5.41) is 5.48. The molecule has 1 atom stereocenters. The van der Waals surface area contributed by atoms with Crippen LogP contribution < -0.4 is 15.5 Å². The standard InChI is InChI=1S/C28H32ClF2N5O3/c1-39-20-9-6-18(7-10-20)36-24-12-5-17(33-28(38)32-14-13-29)15-23(24)34-27(36)25-3-2-4-26(37)35(25)19-8-11-21(30)22(31)16-19/h5,8,11-12,15-16,18,20,25H,2-4,6-7,9-10,13-14H2,1H3,(H2,32,33,38). The Morgan fingerprint density at radius 2 is 1.90 bits per heavy atom. The van der Waals surface area contributed by atoms with Crippen molar-refractivity contribution in [2.45, 2.75) is 63.1 Å². The number of fused-ring (bicyclic) bond motifs is 1. The molecule has 1 aliphatic heterocycles. The minimum Gasteiger partial charge on any atom is -0.381 e. The maximum absolute atomic E-state index is 14.2. The Bertz CT molecular complexity index is 1360. The summed E-state index contributed by atoms with van der Waals surface area (Å²) in [6.07, 6.45) is 5.38. The molecule has 0 spiro atoms. The van der Waals surface area contributed by atoms with Crippen molar-refractivity contribution in [3.8, 4) is 0 Å². The highest BCUT2D eigenvalue weighted by molar-refractivity contribution is 6.18. The first kappa shape index (κ1) is 27.3. The molecular formula is C28H32ClF2N5O3. The van der Waals surface area contributed by atoms with Gasteiger partial charge in [-0.15, -0.1) is 11.6 Å². The number of benzene rings is 2. The summed E-state index contributed by atoms with van der Waals surface area (Å²) in [6, 6.07) is 8.43. The lowest BCUT2D eigenvalue weighted by Gasteiger charge is -2.37. The number of rotatable bonds is 7. The van der Waals surface area contributed by atoms with Crippen molar-refractivity contribution in [1.82, 2.24) is 14.9 Å². The fraction of sp³-hybridized carbons (Fsp3) is 0.464. The predicted octanol–water partition coefficient (Wildman–Crippen LogP) is 6.06. The average Bonchev–Trinajstić information content (AvgIpc) is 3.32. The van der Waals surface area contributed by atoms with Crippen LogP contribution in [0.1, 0.15) is 62.9 Å². The number of aromatic nitrogens is 2. The van der Waals surface area contributed by atoms with Gasteiger partial charge in [0.15, 0.2) is 11.6 Å². The van der Waals surface area contributed by atoms with Gasteiger partial charge in [-0.2, -0.15) is 0 Å². The average molecular weight is 560 g/mol. The van der Waals surface area contributed by atoms with Gasteiger partial charge in [0.2, 0.25) is 5.91 Å². The van der Waals surface area contributed by atoms with Crippen molar-refractivity contribution in [1.29, 1.82) is 0 Å². The van der Waals surface area contributed by atoms with Crippen LogP contribution >= 0.6 is 11.6 Å². The quantitative estimate of drug-likeness (QED) is 0.344. The third-order valence-electron chi connectivity index (χ3n) is 7.62. The van der Waals surface area contributed by atoms with Crippen LogP contribution in [-0.2, 0) is 9.53 Å². The Balaban J connectivity index is 1.57. The highest BCUT2D eigenvalue weighted by Crippen LogP contribution is 2.41. The molecule has 11 heteroatoms. The molecule has 2 aliphatic rings. The third-order valence-corrected chi connectivity index (χ3v) is 7.81. The second-order valence-electron chi connectivity index (χ2n) is 10.0. The third kappa shape index (κ3) is 5.72. The number of methoxy groups -OCH3 is 1. The van der Waals surface area contributed by atoms with E-state index in [1.54, 1.807) is 12.0 Å². The van der Waals surface area contributed by atoms with Gasteiger partial charge in [-0.1, -0.05) is 0 Å². The van der Waals surface area contributed by atoms with E-state index in [9.17, 15) is 18.4 Å². The van der Waals surface area contributed by atoms with Crippen LogP contribution in [0, 0.1) is 11.6 Å². The molecular weight excluding hydrogens is 528 g/mol. The summed E-state index contributed by atoms with van der Waals surface area (Å²) in [7, 11) is 1.73. The lowest BCUT2D eigenvalue weighted by molar-refractivity contribution is -0.120. The molecule has 1 saturated heterocycles. The zero-order valence-corrected chi connectivity index (χ0v) is 22.5. The van der Waals surface area contributed by atoms with Gasteiger partial charge in [-0.05, 0) is 68.9 Å². The molecule has 39 heavy (non-hydrogen) atoms. The van der Waals surface area contributed by atoms with Gasteiger partial charge < -0.3 is 24.8 Å². The Morgan fingerprint density at radius 3 is 2.62 bits per heavy atom. The van der Waals surface area contributed by atoms with Gasteiger partial charge in [-0.3, -0.25) is 4.79 Å². The van der Waals surface area contributed by atoms with Crippen molar-refractivity contribution in [2.75, 3.05) is 29.8 Å². The first-order valence-corrected chi connectivity index (χ1v) is 13.9. The smallest absolute Gasteiger partial charge is 0.319 e. The topological polar surface area (TPSA) is 88.5 Å². The zero-order valence-electron chi connectivity index (χ0n) is 21.8. The van der Waals surface area contributed by atoms with Crippen molar-refractivity contribution in [2.24, 2.45) is 0 Å². The number of carbonyl (C=O) groups is 2. The molecule has 1 aliphatic carbocycles. The minimum atomic E-state index is -1.00. The van der Waals surface area contributed by atoms with E-state index in [0.29, 0.717) is 54.4 Å². The van der Waals surface area contributed by atoms with Crippen LogP contribution in [-0.4, -0.2) is 47.1 Å². The summed E-state index contributed by atoms with van der Waals surface area (Å²) >= 11 is 5.66. The number of piperidine rings is 1. The van der Waals surface area contributed by atoms with E-state index < -0.39 is 17.7 Å². The number of halogens is 3. The Hall–Kier alpha value is -3.24. The summed E-state index contributed by atoms with van der Waals surface area (Å²) in [6.45, 7) is 0.341. The van der Waals surface area contributed by atoms with Crippen LogP contribution in [0.15, 0.2) is 36.4 Å². The molecule has 0 bridgehead atoms. The highest BCUT2D eigenvalue weighted by Gasteiger charge is 2.36. The van der Waals surface area contributed by atoms with Gasteiger partial charge in [0.25, 0.3) is 0 Å². The van der Waals surface area contributed by atoms with E-state index >= 15 is 0 Å². The lowest BCUT2D eigenvalue weighted by atomic mass is 9.92. The first-order chi connectivity index (χ1) is 18.9. The fourth-order valence-corrected chi connectivity index (χ4v) is 5.86. The largest absolute Gasteiger partial charge is 0.381 e. The molecule has 5 rings (SSSR count). The van der Waals surface area contributed by atoms with Crippen LogP contribution in [0.3, 0.4) is 0 Å². The van der Waals surface area contributed by atoms with Crippen molar-refractivity contribution >= 4 is 45.9 Å². The van der Waals surface area contributed by atoms with Gasteiger partial charge in [0.05, 0.1) is 23.2 Å². The van der Waals surface area contributed by atoms with Crippen molar-refractivity contribution in [3.63, 3.8) is 0 Å². The number of urea groups is 1. The second-order valence-corrected chi connectivity index (χ2v) is 10.4. The van der Waals surface area contributed by atoms with E-state index in [-0.39, 0.29) is 24.1 Å². The van der Waals surface area contributed by atoms with Gasteiger partial charge in [0, 0.05) is 49.4 Å². The monoisotopic (exact) mass is 559 g/mol. The molecule has 1 unspecified atom stereocenters. The number of carbonyl (C=O) groups excluding carboxylic acids is 2. The summed E-state index contributed by atoms with van der Waals surface area (Å²) < 4.78 is 35.8. The van der Waals surface area contributed by atoms with E-state index in [2.05, 4.69) is 15.2 Å². The fourth-order valence-electron chi connectivity index (χ4n) is 5.76. The van der Waals surface area contributed by atoms with Crippen molar-refractivity contribution < 1.29 is 23.1 Å². The molecule has 2 N–H and O–H groups in total. The number of amides is 3. The van der Waals surface area contributed by atoms with Crippen LogP contribution in [0.25, 0.3) is 11.0 Å². The molecule has 8 nitrogen and oxygen atoms in total. The van der Waals surface area contributed by atoms with Gasteiger partial charge in [0.1, 0.15) is 5.82 Å². The van der Waals surface area contributed by atoms with Crippen LogP contribution in [0.5, 0.6) is 0 Å². The number of imidazole rings is 1. The maximum Gasteiger partial charge on any atom is 0.319 e. The zero-order chi connectivity index (χ0) is 27.5. The molecule has 0 radical (unpaired) electrons. The molecule has 2 heterocycles. The minimum absolute atomic E-state index is 0.131. The summed E-state index contributed by atoms with van der Waals surface area (Å²) in [4.78, 5) is 32.0. The highest BCUT2D eigenvalue weighted by atomic mass is 35.5. The summed E-state index contributed by atoms with van der Waals surface area (Å²) in [5.74, 6) is -1.11. The Morgan fingerprint density at radius 1 is 1.10 bits per heavy atom. The number of nitrogens with zero attached hydrogens (tertiary/aromatic N) is 3. The van der Waals surface area contributed by atoms with Crippen LogP contribution in [0.2, 0.25) is 0 Å².